The van der Waals surface area contributed by atoms with Gasteiger partial charge in [0.2, 0.25) is 5.91 Å². The third kappa shape index (κ3) is 5.27. The van der Waals surface area contributed by atoms with Crippen LogP contribution in [0.15, 0.2) is 48.5 Å². The Morgan fingerprint density at radius 2 is 1.83 bits per heavy atom. The molecule has 0 radical (unpaired) electrons. The van der Waals surface area contributed by atoms with Crippen molar-refractivity contribution in [3.63, 3.8) is 0 Å². The molecule has 0 atom stereocenters. The number of hydrogen-bond acceptors (Lipinski definition) is 4. The fourth-order valence-corrected chi connectivity index (χ4v) is 2.11. The molecule has 0 saturated carbocycles. The molecular formula is C16H16ClN3O3. The highest BCUT2D eigenvalue weighted by Gasteiger charge is 2.11. The van der Waals surface area contributed by atoms with Crippen molar-refractivity contribution in [3.8, 4) is 0 Å². The summed E-state index contributed by atoms with van der Waals surface area (Å²) in [7, 11) is 0. The maximum atomic E-state index is 11.8. The Bertz CT molecular complexity index is 689. The summed E-state index contributed by atoms with van der Waals surface area (Å²) in [6.45, 7) is 0.735. The number of halogens is 1. The predicted molar refractivity (Wildman–Crippen MR) is 89.5 cm³/mol. The van der Waals surface area contributed by atoms with E-state index in [0.29, 0.717) is 23.8 Å². The zero-order valence-corrected chi connectivity index (χ0v) is 13.0. The monoisotopic (exact) mass is 333 g/mol. The minimum Gasteiger partial charge on any atom is -0.379 e. The number of amides is 1. The molecule has 0 saturated heterocycles. The van der Waals surface area contributed by atoms with Crippen LogP contribution < -0.4 is 10.6 Å². The van der Waals surface area contributed by atoms with Crippen LogP contribution in [-0.4, -0.2) is 17.4 Å². The molecular weight excluding hydrogens is 318 g/mol. The van der Waals surface area contributed by atoms with Crippen molar-refractivity contribution in [1.82, 2.24) is 5.32 Å². The molecule has 7 heteroatoms. The van der Waals surface area contributed by atoms with Gasteiger partial charge >= 0.3 is 0 Å². The first kappa shape index (κ1) is 16.8. The summed E-state index contributed by atoms with van der Waals surface area (Å²) in [5.74, 6) is -0.133. The fraction of sp³-hybridized carbons (Fsp3) is 0.188. The number of carbonyl (C=O) groups is 1. The molecule has 0 aliphatic rings. The van der Waals surface area contributed by atoms with Crippen molar-refractivity contribution < 1.29 is 9.72 Å². The highest BCUT2D eigenvalue weighted by atomic mass is 35.5. The molecule has 2 aromatic rings. The van der Waals surface area contributed by atoms with Gasteiger partial charge in [-0.15, -0.1) is 0 Å². The highest BCUT2D eigenvalue weighted by molar-refractivity contribution is 6.30. The Morgan fingerprint density at radius 1 is 1.13 bits per heavy atom. The summed E-state index contributed by atoms with van der Waals surface area (Å²) in [6.07, 6.45) is 0.222. The molecule has 0 unspecified atom stereocenters. The number of para-hydroxylation sites is 2. The number of nitrogens with one attached hydrogen (secondary N) is 2. The first-order valence-corrected chi connectivity index (χ1v) is 7.42. The maximum Gasteiger partial charge on any atom is 0.292 e. The molecule has 2 aromatic carbocycles. The minimum atomic E-state index is -0.455. The van der Waals surface area contributed by atoms with Crippen LogP contribution in [0.3, 0.4) is 0 Å². The van der Waals surface area contributed by atoms with Gasteiger partial charge in [0.1, 0.15) is 5.69 Å². The number of anilines is 1. The van der Waals surface area contributed by atoms with E-state index in [2.05, 4.69) is 10.6 Å². The smallest absolute Gasteiger partial charge is 0.292 e. The van der Waals surface area contributed by atoms with Crippen LogP contribution in [0.2, 0.25) is 5.02 Å². The summed E-state index contributed by atoms with van der Waals surface area (Å²) in [4.78, 5) is 22.2. The molecule has 0 aromatic heterocycles. The van der Waals surface area contributed by atoms with Crippen LogP contribution >= 0.6 is 11.6 Å². The van der Waals surface area contributed by atoms with Crippen LogP contribution in [0.1, 0.15) is 12.0 Å². The average Bonchev–Trinajstić information content (AvgIpc) is 2.54. The van der Waals surface area contributed by atoms with Gasteiger partial charge in [0.25, 0.3) is 5.69 Å². The molecule has 0 aliphatic heterocycles. The van der Waals surface area contributed by atoms with Crippen LogP contribution in [0.4, 0.5) is 11.4 Å². The standard InChI is InChI=1S/C16H16ClN3O3/c17-13-7-5-12(6-8-13)11-19-16(21)9-10-18-14-3-1-2-4-15(14)20(22)23/h1-8,18H,9-11H2,(H,19,21). The second-order valence-corrected chi connectivity index (χ2v) is 5.29. The lowest BCUT2D eigenvalue weighted by molar-refractivity contribution is -0.384. The van der Waals surface area contributed by atoms with Crippen LogP contribution in [0, 0.1) is 10.1 Å². The van der Waals surface area contributed by atoms with Gasteiger partial charge in [-0.2, -0.15) is 0 Å². The van der Waals surface area contributed by atoms with E-state index >= 15 is 0 Å². The summed E-state index contributed by atoms with van der Waals surface area (Å²) in [6, 6.07) is 13.5. The number of nitro groups is 1. The van der Waals surface area contributed by atoms with Crippen LogP contribution in [0.5, 0.6) is 0 Å². The van der Waals surface area contributed by atoms with Gasteiger partial charge in [-0.25, -0.2) is 0 Å². The first-order chi connectivity index (χ1) is 11.1. The Balaban J connectivity index is 1.77. The Hall–Kier alpha value is -2.60. The van der Waals surface area contributed by atoms with E-state index in [1.807, 2.05) is 12.1 Å². The molecule has 0 spiro atoms. The quantitative estimate of drug-likeness (QED) is 0.601. The molecule has 2 rings (SSSR count). The van der Waals surface area contributed by atoms with Crippen molar-refractivity contribution in [2.45, 2.75) is 13.0 Å². The fourth-order valence-electron chi connectivity index (χ4n) is 1.98. The van der Waals surface area contributed by atoms with Gasteiger partial charge in [0, 0.05) is 30.6 Å². The van der Waals surface area contributed by atoms with Gasteiger partial charge < -0.3 is 10.6 Å². The van der Waals surface area contributed by atoms with Crippen molar-refractivity contribution in [2.75, 3.05) is 11.9 Å². The van der Waals surface area contributed by atoms with Crippen molar-refractivity contribution in [3.05, 3.63) is 69.2 Å². The predicted octanol–water partition coefficient (Wildman–Crippen LogP) is 3.37. The zero-order valence-electron chi connectivity index (χ0n) is 12.3. The largest absolute Gasteiger partial charge is 0.379 e. The molecule has 120 valence electrons. The molecule has 2 N–H and O–H groups in total. The van der Waals surface area contributed by atoms with Gasteiger partial charge in [0.15, 0.2) is 0 Å². The zero-order chi connectivity index (χ0) is 16.7. The maximum absolute atomic E-state index is 11.8. The molecule has 23 heavy (non-hydrogen) atoms. The van der Waals surface area contributed by atoms with E-state index in [4.69, 9.17) is 11.6 Å². The van der Waals surface area contributed by atoms with Gasteiger partial charge in [-0.05, 0) is 23.8 Å². The third-order valence-electron chi connectivity index (χ3n) is 3.17. The molecule has 0 fully saturated rings. The summed E-state index contributed by atoms with van der Waals surface area (Å²) in [5.41, 5.74) is 1.35. The number of carbonyl (C=O) groups excluding carboxylic acids is 1. The number of hydrogen-bond donors (Lipinski definition) is 2. The van der Waals surface area contributed by atoms with E-state index in [-0.39, 0.29) is 18.0 Å². The average molecular weight is 334 g/mol. The summed E-state index contributed by atoms with van der Waals surface area (Å²) >= 11 is 5.79. The lowest BCUT2D eigenvalue weighted by Gasteiger charge is -2.08. The molecule has 6 nitrogen and oxygen atoms in total. The normalized spacial score (nSPS) is 10.1. The van der Waals surface area contributed by atoms with E-state index in [1.54, 1.807) is 30.3 Å². The Labute approximate surface area is 138 Å². The lowest BCUT2D eigenvalue weighted by atomic mass is 10.2. The molecule has 0 aliphatic carbocycles. The number of nitrogens with zero attached hydrogens (tertiary/aromatic N) is 1. The number of benzene rings is 2. The number of rotatable bonds is 7. The highest BCUT2D eigenvalue weighted by Crippen LogP contribution is 2.22. The van der Waals surface area contributed by atoms with Gasteiger partial charge in [-0.3, -0.25) is 14.9 Å². The van der Waals surface area contributed by atoms with Crippen molar-refractivity contribution in [1.29, 1.82) is 0 Å². The van der Waals surface area contributed by atoms with Gasteiger partial charge in [-0.1, -0.05) is 35.9 Å². The van der Waals surface area contributed by atoms with Crippen LogP contribution in [0.25, 0.3) is 0 Å². The van der Waals surface area contributed by atoms with E-state index in [0.717, 1.165) is 5.56 Å². The molecule has 1 amide bonds. The van der Waals surface area contributed by atoms with Crippen molar-refractivity contribution in [2.24, 2.45) is 0 Å². The summed E-state index contributed by atoms with van der Waals surface area (Å²) in [5, 5.41) is 17.2. The number of nitro benzene ring substituents is 1. The summed E-state index contributed by atoms with van der Waals surface area (Å²) < 4.78 is 0. The minimum absolute atomic E-state index is 0.00549. The Morgan fingerprint density at radius 3 is 2.52 bits per heavy atom. The second kappa shape index (κ2) is 8.14. The molecule has 0 bridgehead atoms. The third-order valence-corrected chi connectivity index (χ3v) is 3.42. The second-order valence-electron chi connectivity index (χ2n) is 4.85. The van der Waals surface area contributed by atoms with E-state index < -0.39 is 4.92 Å². The lowest BCUT2D eigenvalue weighted by Crippen LogP contribution is -2.24. The van der Waals surface area contributed by atoms with E-state index in [9.17, 15) is 14.9 Å². The molecule has 0 heterocycles. The van der Waals surface area contributed by atoms with Crippen LogP contribution in [-0.2, 0) is 11.3 Å². The Kier molecular flexibility index (Phi) is 5.94. The first-order valence-electron chi connectivity index (χ1n) is 7.04. The van der Waals surface area contributed by atoms with Gasteiger partial charge in [0.05, 0.1) is 4.92 Å². The topological polar surface area (TPSA) is 84.3 Å². The SMILES string of the molecule is O=C(CCNc1ccccc1[N+](=O)[O-])NCc1ccc(Cl)cc1. The van der Waals surface area contributed by atoms with E-state index in [1.165, 1.54) is 6.07 Å². The van der Waals surface area contributed by atoms with Crippen molar-refractivity contribution >= 4 is 28.9 Å².